The van der Waals surface area contributed by atoms with E-state index >= 15 is 0 Å². The monoisotopic (exact) mass is 356 g/mol. The van der Waals surface area contributed by atoms with Gasteiger partial charge in [0.15, 0.2) is 5.78 Å². The molecule has 2 aromatic rings. The largest absolute Gasteiger partial charge is 0.508 e. The molecule has 0 unspecified atom stereocenters. The van der Waals surface area contributed by atoms with Crippen LogP contribution in [0.1, 0.15) is 57.4 Å². The van der Waals surface area contributed by atoms with Crippen molar-refractivity contribution in [1.29, 1.82) is 0 Å². The van der Waals surface area contributed by atoms with Gasteiger partial charge in [-0.05, 0) is 59.8 Å². The first-order chi connectivity index (χ1) is 11.8. The number of ether oxygens (including phenoxy) is 1. The molecule has 2 aliphatic rings. The summed E-state index contributed by atoms with van der Waals surface area (Å²) >= 11 is 1.68. The van der Waals surface area contributed by atoms with Gasteiger partial charge >= 0.3 is 0 Å². The maximum absolute atomic E-state index is 12.9. The number of rotatable bonds is 5. The Morgan fingerprint density at radius 2 is 2.16 bits per heavy atom. The van der Waals surface area contributed by atoms with Crippen molar-refractivity contribution in [2.75, 3.05) is 7.11 Å². The van der Waals surface area contributed by atoms with Crippen molar-refractivity contribution in [2.45, 2.75) is 46.0 Å². The zero-order valence-corrected chi connectivity index (χ0v) is 16.0. The molecule has 0 radical (unpaired) electrons. The van der Waals surface area contributed by atoms with Crippen LogP contribution >= 0.6 is 11.3 Å². The topological polar surface area (TPSA) is 46.5 Å². The van der Waals surface area contributed by atoms with Gasteiger partial charge in [0.2, 0.25) is 0 Å². The Bertz CT molecular complexity index is 862. The predicted octanol–water partition coefficient (Wildman–Crippen LogP) is 4.88. The highest BCUT2D eigenvalue weighted by molar-refractivity contribution is 7.14. The maximum atomic E-state index is 12.9. The van der Waals surface area contributed by atoms with E-state index in [1.165, 1.54) is 16.0 Å². The highest BCUT2D eigenvalue weighted by Gasteiger charge is 2.63. The number of phenols is 1. The van der Waals surface area contributed by atoms with E-state index in [0.717, 1.165) is 22.8 Å². The van der Waals surface area contributed by atoms with Gasteiger partial charge in [-0.25, -0.2) is 0 Å². The number of fused-ring (bicyclic) bond motifs is 3. The van der Waals surface area contributed by atoms with Crippen molar-refractivity contribution in [1.82, 2.24) is 0 Å². The van der Waals surface area contributed by atoms with Crippen LogP contribution in [0.25, 0.3) is 0 Å². The number of carbonyl (C=O) groups is 1. The molecule has 0 spiro atoms. The third-order valence-corrected chi connectivity index (χ3v) is 7.37. The zero-order valence-electron chi connectivity index (χ0n) is 15.2. The van der Waals surface area contributed by atoms with Crippen LogP contribution < -0.4 is 4.74 Å². The van der Waals surface area contributed by atoms with Crippen molar-refractivity contribution in [3.63, 3.8) is 0 Å². The smallest absolute Gasteiger partial charge is 0.173 e. The number of methoxy groups -OCH3 is 1. The summed E-state index contributed by atoms with van der Waals surface area (Å²) in [5.41, 5.74) is 4.19. The van der Waals surface area contributed by atoms with Gasteiger partial charge in [0.05, 0.1) is 12.0 Å². The first-order valence-electron chi connectivity index (χ1n) is 8.85. The molecule has 3 nitrogen and oxygen atoms in total. The van der Waals surface area contributed by atoms with Gasteiger partial charge < -0.3 is 9.84 Å². The molecular weight excluding hydrogens is 332 g/mol. The van der Waals surface area contributed by atoms with Gasteiger partial charge in [-0.3, -0.25) is 4.79 Å². The Kier molecular flexibility index (Phi) is 3.73. The predicted molar refractivity (Wildman–Crippen MR) is 100 cm³/mol. The second-order valence-corrected chi connectivity index (χ2v) is 9.13. The van der Waals surface area contributed by atoms with Gasteiger partial charge in [-0.2, -0.15) is 0 Å². The van der Waals surface area contributed by atoms with Crippen molar-refractivity contribution < 1.29 is 14.6 Å². The average molecular weight is 356 g/mol. The van der Waals surface area contributed by atoms with E-state index in [1.807, 2.05) is 6.07 Å². The minimum atomic E-state index is 0.181. The second-order valence-electron chi connectivity index (χ2n) is 7.91. The average Bonchev–Trinajstić information content (AvgIpc) is 2.93. The van der Waals surface area contributed by atoms with Crippen molar-refractivity contribution in [3.8, 4) is 11.5 Å². The molecule has 0 amide bonds. The van der Waals surface area contributed by atoms with Gasteiger partial charge in [0.25, 0.3) is 0 Å². The standard InChI is InChI=1S/C21H24O3S/c1-11-18-14(10-15-19(18)21(15,2)3)20(25-11)16(23)8-6-12-5-7-13(22)9-17(12)24-4/h5,7,9,15,19,22H,6,8,10H2,1-4H3/t15-,19-/m1/s1. The Morgan fingerprint density at radius 1 is 1.40 bits per heavy atom. The molecule has 1 aromatic heterocycles. The summed E-state index contributed by atoms with van der Waals surface area (Å²) in [6, 6.07) is 5.08. The molecule has 0 bridgehead atoms. The van der Waals surface area contributed by atoms with Crippen LogP contribution in [0, 0.1) is 18.3 Å². The number of hydrogen-bond acceptors (Lipinski definition) is 4. The molecule has 0 aliphatic heterocycles. The second kappa shape index (κ2) is 5.60. The van der Waals surface area contributed by atoms with Crippen LogP contribution in [0.15, 0.2) is 18.2 Å². The minimum Gasteiger partial charge on any atom is -0.508 e. The van der Waals surface area contributed by atoms with Crippen LogP contribution in [0.4, 0.5) is 0 Å². The third kappa shape index (κ3) is 2.50. The Balaban J connectivity index is 1.52. The summed E-state index contributed by atoms with van der Waals surface area (Å²) < 4.78 is 5.32. The molecule has 1 aromatic carbocycles. The number of aromatic hydroxyl groups is 1. The zero-order chi connectivity index (χ0) is 17.9. The van der Waals surface area contributed by atoms with E-state index in [1.54, 1.807) is 30.6 Å². The van der Waals surface area contributed by atoms with Gasteiger partial charge in [-0.15, -0.1) is 11.3 Å². The highest BCUT2D eigenvalue weighted by Crippen LogP contribution is 2.71. The number of hydrogen-bond donors (Lipinski definition) is 1. The van der Waals surface area contributed by atoms with Crippen LogP contribution in [-0.2, 0) is 12.8 Å². The number of Topliss-reactive ketones (excluding diaryl/α,β-unsaturated/α-hetero) is 1. The SMILES string of the molecule is COc1cc(O)ccc1CCC(=O)c1sc(C)c2c1C[C@@H]1[C@H]2C1(C)C. The minimum absolute atomic E-state index is 0.181. The van der Waals surface area contributed by atoms with E-state index in [0.29, 0.717) is 29.9 Å². The summed E-state index contributed by atoms with van der Waals surface area (Å²) in [5.74, 6) is 2.46. The van der Waals surface area contributed by atoms with Crippen molar-refractivity contribution in [3.05, 3.63) is 44.6 Å². The molecule has 1 saturated carbocycles. The lowest BCUT2D eigenvalue weighted by molar-refractivity contribution is 0.0985. The summed E-state index contributed by atoms with van der Waals surface area (Å²) in [4.78, 5) is 15.2. The molecule has 1 fully saturated rings. The molecule has 4 rings (SSSR count). The summed E-state index contributed by atoms with van der Waals surface area (Å²) in [6.07, 6.45) is 2.18. The third-order valence-electron chi connectivity index (χ3n) is 6.16. The van der Waals surface area contributed by atoms with Crippen LogP contribution in [-0.4, -0.2) is 18.0 Å². The number of carbonyl (C=O) groups excluding carboxylic acids is 1. The van der Waals surface area contributed by atoms with Crippen molar-refractivity contribution in [2.24, 2.45) is 11.3 Å². The molecule has 0 saturated heterocycles. The lowest BCUT2D eigenvalue weighted by atomic mass is 9.94. The fourth-order valence-corrected chi connectivity index (χ4v) is 5.86. The van der Waals surface area contributed by atoms with Gasteiger partial charge in [-0.1, -0.05) is 19.9 Å². The molecular formula is C21H24O3S. The molecule has 1 N–H and O–H groups in total. The van der Waals surface area contributed by atoms with E-state index in [4.69, 9.17) is 4.74 Å². The molecule has 4 heteroatoms. The van der Waals surface area contributed by atoms with Crippen LogP contribution in [0.3, 0.4) is 0 Å². The summed E-state index contributed by atoms with van der Waals surface area (Å²) in [6.45, 7) is 6.86. The Hall–Kier alpha value is -1.81. The quantitative estimate of drug-likeness (QED) is 0.777. The molecule has 1 heterocycles. The van der Waals surface area contributed by atoms with E-state index in [9.17, 15) is 9.90 Å². The number of thiophene rings is 1. The number of benzene rings is 1. The number of aryl methyl sites for hydroxylation is 2. The first-order valence-corrected chi connectivity index (χ1v) is 9.67. The normalized spacial score (nSPS) is 22.4. The van der Waals surface area contributed by atoms with Crippen LogP contribution in [0.5, 0.6) is 11.5 Å². The van der Waals surface area contributed by atoms with E-state index in [2.05, 4.69) is 20.8 Å². The fourth-order valence-electron chi connectivity index (χ4n) is 4.66. The number of phenolic OH excluding ortho intramolecular Hbond substituents is 1. The van der Waals surface area contributed by atoms with Gasteiger partial charge in [0.1, 0.15) is 11.5 Å². The molecule has 25 heavy (non-hydrogen) atoms. The lowest BCUT2D eigenvalue weighted by Crippen LogP contribution is -2.06. The Labute approximate surface area is 152 Å². The molecule has 132 valence electrons. The summed E-state index contributed by atoms with van der Waals surface area (Å²) in [5, 5.41) is 9.56. The Morgan fingerprint density at radius 3 is 2.88 bits per heavy atom. The van der Waals surface area contributed by atoms with Crippen LogP contribution in [0.2, 0.25) is 0 Å². The maximum Gasteiger partial charge on any atom is 0.173 e. The molecule has 2 aliphatic carbocycles. The first kappa shape index (κ1) is 16.6. The van der Waals surface area contributed by atoms with Gasteiger partial charge in [0, 0.05) is 17.4 Å². The lowest BCUT2D eigenvalue weighted by Gasteiger charge is -2.10. The fraction of sp³-hybridized carbons (Fsp3) is 0.476. The van der Waals surface area contributed by atoms with E-state index < -0.39 is 0 Å². The van der Waals surface area contributed by atoms with Crippen molar-refractivity contribution >= 4 is 17.1 Å². The van der Waals surface area contributed by atoms with E-state index in [-0.39, 0.29) is 11.5 Å². The number of ketones is 1. The molecule has 2 atom stereocenters. The summed E-state index contributed by atoms with van der Waals surface area (Å²) in [7, 11) is 1.59. The highest BCUT2D eigenvalue weighted by atomic mass is 32.1.